The van der Waals surface area contributed by atoms with Crippen molar-refractivity contribution < 1.29 is 170 Å². The normalized spacial score (nSPS) is 17.8. The van der Waals surface area contributed by atoms with Crippen molar-refractivity contribution in [3.8, 4) is 0 Å². The summed E-state index contributed by atoms with van der Waals surface area (Å²) in [5.41, 5.74) is -1.09. The number of carbonyl (C=O) groups excluding carboxylic acids is 1. The van der Waals surface area contributed by atoms with E-state index in [4.69, 9.17) is 0 Å². The van der Waals surface area contributed by atoms with Crippen LogP contribution in [0.4, 0.5) is 132 Å². The van der Waals surface area contributed by atoms with E-state index < -0.39 is 129 Å². The third kappa shape index (κ3) is 13.4. The molecule has 0 aromatic heterocycles. The molecule has 38 heteroatoms. The second-order valence-electron chi connectivity index (χ2n) is 10.8. The molecular weight excluding hydrogens is 974 g/mol. The zero-order valence-electron chi connectivity index (χ0n) is 27.6. The van der Waals surface area contributed by atoms with E-state index >= 15 is 0 Å². The van der Waals surface area contributed by atoms with Crippen LogP contribution < -0.4 is 0 Å². The minimum Gasteiger partial charge on any atom is -0.459 e. The molecule has 0 radical (unpaired) electrons. The fraction of sp³-hybridized carbons (Fsp3) is 0.870. The van der Waals surface area contributed by atoms with Gasteiger partial charge in [0.2, 0.25) is 0 Å². The lowest BCUT2D eigenvalue weighted by atomic mass is 10.2. The lowest BCUT2D eigenvalue weighted by Gasteiger charge is -2.36. The molecule has 0 heterocycles. The summed E-state index contributed by atoms with van der Waals surface area (Å²) >= 11 is 0. The molecule has 5 atom stereocenters. The van der Waals surface area contributed by atoms with Gasteiger partial charge in [0.05, 0.1) is 6.61 Å². The van der Waals surface area contributed by atoms with E-state index in [9.17, 15) is 137 Å². The molecule has 0 saturated heterocycles. The van der Waals surface area contributed by atoms with Crippen molar-refractivity contribution >= 4 is 5.97 Å². The number of rotatable bonds is 23. The molecule has 364 valence electrons. The van der Waals surface area contributed by atoms with E-state index in [1.807, 2.05) is 14.2 Å². The molecular formula is C23H14F30O8. The molecule has 0 aromatic rings. The van der Waals surface area contributed by atoms with Crippen LogP contribution in [-0.4, -0.2) is 123 Å². The summed E-state index contributed by atoms with van der Waals surface area (Å²) < 4.78 is 416. The highest BCUT2D eigenvalue weighted by molar-refractivity contribution is 5.86. The maximum atomic E-state index is 14.5. The Kier molecular flexibility index (Phi) is 17.2. The molecule has 0 N–H and O–H groups in total. The van der Waals surface area contributed by atoms with Gasteiger partial charge in [0, 0.05) is 5.57 Å². The van der Waals surface area contributed by atoms with Crippen molar-refractivity contribution in [2.45, 2.75) is 111 Å². The second-order valence-corrected chi connectivity index (χ2v) is 10.8. The van der Waals surface area contributed by atoms with Crippen LogP contribution in [0.1, 0.15) is 6.92 Å². The third-order valence-electron chi connectivity index (χ3n) is 5.91. The summed E-state index contributed by atoms with van der Waals surface area (Å²) in [4.78, 5) is 11.7. The number of ether oxygens (including phenoxy) is 7. The quantitative estimate of drug-likeness (QED) is 0.0569. The van der Waals surface area contributed by atoms with Crippen molar-refractivity contribution in [3.05, 3.63) is 12.2 Å². The van der Waals surface area contributed by atoms with E-state index in [1.54, 1.807) is 0 Å². The first-order valence-corrected chi connectivity index (χ1v) is 13.8. The molecule has 0 bridgehead atoms. The van der Waals surface area contributed by atoms with Gasteiger partial charge in [-0.15, -0.1) is 0 Å². The first-order chi connectivity index (χ1) is 26.4. The molecule has 0 amide bonds. The van der Waals surface area contributed by atoms with E-state index in [1.165, 1.54) is 0 Å². The van der Waals surface area contributed by atoms with Crippen LogP contribution in [0, 0.1) is 0 Å². The summed E-state index contributed by atoms with van der Waals surface area (Å²) in [6.07, 6.45) is -93.2. The van der Waals surface area contributed by atoms with Gasteiger partial charge >= 0.3 is 78.9 Å². The minimum atomic E-state index is -7.75. The zero-order valence-corrected chi connectivity index (χ0v) is 27.6. The fourth-order valence-electron chi connectivity index (χ4n) is 2.80. The van der Waals surface area contributed by atoms with E-state index in [0.717, 1.165) is 0 Å². The van der Waals surface area contributed by atoms with Gasteiger partial charge in [0.15, 0.2) is 0 Å². The van der Waals surface area contributed by atoms with Gasteiger partial charge in [-0.3, -0.25) is 14.2 Å². The Labute approximate surface area is 313 Å². The van der Waals surface area contributed by atoms with Crippen LogP contribution in [0.2, 0.25) is 0 Å². The van der Waals surface area contributed by atoms with Gasteiger partial charge in [-0.05, 0) is 6.92 Å². The second kappa shape index (κ2) is 18.2. The first kappa shape index (κ1) is 57.9. The predicted octanol–water partition coefficient (Wildman–Crippen LogP) is 9.98. The molecule has 0 aliphatic carbocycles. The Hall–Kier alpha value is -3.13. The molecule has 0 aromatic carbocycles. The number of esters is 1. The summed E-state index contributed by atoms with van der Waals surface area (Å²) in [7, 11) is 0. The van der Waals surface area contributed by atoms with E-state index in [0.29, 0.717) is 6.92 Å². The van der Waals surface area contributed by atoms with Gasteiger partial charge in [-0.1, -0.05) is 6.58 Å². The van der Waals surface area contributed by atoms with Gasteiger partial charge < -0.3 is 18.9 Å². The van der Waals surface area contributed by atoms with Crippen LogP contribution in [0.15, 0.2) is 12.2 Å². The average Bonchev–Trinajstić information content (AvgIpc) is 3.02. The molecule has 0 fully saturated rings. The van der Waals surface area contributed by atoms with Crippen LogP contribution >= 0.6 is 0 Å². The smallest absolute Gasteiger partial charge is 0.459 e. The molecule has 61 heavy (non-hydrogen) atoms. The monoisotopic (exact) mass is 988 g/mol. The third-order valence-corrected chi connectivity index (χ3v) is 5.91. The van der Waals surface area contributed by atoms with Crippen molar-refractivity contribution in [3.63, 3.8) is 0 Å². The molecule has 0 aliphatic rings. The van der Waals surface area contributed by atoms with Crippen LogP contribution in [-0.2, 0) is 38.0 Å². The summed E-state index contributed by atoms with van der Waals surface area (Å²) in [5, 5.41) is 0. The maximum Gasteiger partial charge on any atom is 0.462 e. The Bertz CT molecular complexity index is 1470. The molecule has 0 saturated carbocycles. The van der Waals surface area contributed by atoms with Crippen LogP contribution in [0.25, 0.3) is 0 Å². The number of carbonyl (C=O) groups is 1. The predicted molar refractivity (Wildman–Crippen MR) is 122 cm³/mol. The van der Waals surface area contributed by atoms with Crippen molar-refractivity contribution in [1.82, 2.24) is 0 Å². The number of halogens is 30. The topological polar surface area (TPSA) is 81.7 Å². The first-order valence-electron chi connectivity index (χ1n) is 13.8. The van der Waals surface area contributed by atoms with Gasteiger partial charge in [-0.2, -0.15) is 119 Å². The zero-order chi connectivity index (χ0) is 49.4. The van der Waals surface area contributed by atoms with Crippen molar-refractivity contribution in [2.75, 3.05) is 13.2 Å². The highest BCUT2D eigenvalue weighted by Crippen LogP contribution is 2.51. The van der Waals surface area contributed by atoms with Gasteiger partial charge in [0.25, 0.3) is 19.1 Å². The molecule has 5 unspecified atom stereocenters. The number of alkyl halides is 30. The van der Waals surface area contributed by atoms with Crippen LogP contribution in [0.5, 0.6) is 0 Å². The average molecular weight is 988 g/mol. The molecule has 0 spiro atoms. The molecule has 8 nitrogen and oxygen atoms in total. The standard InChI is InChI=1S/C23H14F30O8/c1-5(2)8(54)55-3-6(57-13(29,30)10(25)60-22(50,51)16(35,36)19(42,43)44)7(58-14(31,32)11(26)61-23(52,53)17(37,38)20(45,46)47)4-56-12(27,28)9(24)59-21(48,49)15(33,34)18(39,40)41/h6-7,9-11H,1,3-4H2,2H3. The molecule has 0 rings (SSSR count). The van der Waals surface area contributed by atoms with Gasteiger partial charge in [0.1, 0.15) is 18.8 Å². The minimum absolute atomic E-state index is 0.481. The lowest BCUT2D eigenvalue weighted by Crippen LogP contribution is -2.58. The lowest BCUT2D eigenvalue weighted by molar-refractivity contribution is -0.479. The Morgan fingerprint density at radius 1 is 0.426 bits per heavy atom. The highest BCUT2D eigenvalue weighted by Gasteiger charge is 2.78. The summed E-state index contributed by atoms with van der Waals surface area (Å²) in [6.45, 7) is -3.22. The van der Waals surface area contributed by atoms with E-state index in [2.05, 4.69) is 25.5 Å². The highest BCUT2D eigenvalue weighted by atomic mass is 19.4. The van der Waals surface area contributed by atoms with Gasteiger partial charge in [-0.25, -0.2) is 18.0 Å². The van der Waals surface area contributed by atoms with Crippen LogP contribution in [0.3, 0.4) is 0 Å². The number of hydrogen-bond donors (Lipinski definition) is 0. The Balaban J connectivity index is 7.41. The van der Waals surface area contributed by atoms with Crippen molar-refractivity contribution in [2.24, 2.45) is 0 Å². The van der Waals surface area contributed by atoms with E-state index in [-0.39, 0.29) is 0 Å². The fourth-order valence-corrected chi connectivity index (χ4v) is 2.80. The SMILES string of the molecule is C=C(C)C(=O)OCC(OC(F)(F)C(F)OC(F)(F)C(F)(F)C(F)(F)F)C(COC(F)(F)C(F)OC(F)(F)C(F)(F)C(F)(F)F)OC(F)(F)C(F)OC(F)(F)C(F)(F)C(F)(F)F. The summed E-state index contributed by atoms with van der Waals surface area (Å²) in [5.74, 6) is -25.3. The Morgan fingerprint density at radius 3 is 0.918 bits per heavy atom. The largest absolute Gasteiger partial charge is 0.462 e. The number of hydrogen-bond acceptors (Lipinski definition) is 8. The summed E-state index contributed by atoms with van der Waals surface area (Å²) in [6, 6.07) is 0. The molecule has 0 aliphatic heterocycles. The maximum absolute atomic E-state index is 14.5. The van der Waals surface area contributed by atoms with Crippen molar-refractivity contribution in [1.29, 1.82) is 0 Å². The Morgan fingerprint density at radius 2 is 0.672 bits per heavy atom.